The SMILES string of the molecule is COc1cccc(F)c1C(=O)NC(Cc1ccc(-c2c(Cl)cc(F)cc2Cl)c2cccnc12)C(=O)O. The van der Waals surface area contributed by atoms with E-state index in [0.717, 1.165) is 18.2 Å². The first-order chi connectivity index (χ1) is 17.2. The molecule has 10 heteroatoms. The van der Waals surface area contributed by atoms with Gasteiger partial charge in [-0.3, -0.25) is 9.78 Å². The summed E-state index contributed by atoms with van der Waals surface area (Å²) in [5, 5.41) is 13.0. The van der Waals surface area contributed by atoms with Crippen molar-refractivity contribution in [2.45, 2.75) is 12.5 Å². The topological polar surface area (TPSA) is 88.5 Å². The van der Waals surface area contributed by atoms with Gasteiger partial charge >= 0.3 is 5.97 Å². The minimum absolute atomic E-state index is 0.0267. The van der Waals surface area contributed by atoms with Crippen LogP contribution in [0.25, 0.3) is 22.0 Å². The number of amides is 1. The summed E-state index contributed by atoms with van der Waals surface area (Å²) in [4.78, 5) is 29.2. The van der Waals surface area contributed by atoms with E-state index in [1.165, 1.54) is 25.4 Å². The fraction of sp³-hybridized carbons (Fsp3) is 0.115. The molecule has 6 nitrogen and oxygen atoms in total. The molecule has 0 aliphatic heterocycles. The van der Waals surface area contributed by atoms with Gasteiger partial charge in [0, 0.05) is 23.6 Å². The number of benzene rings is 3. The van der Waals surface area contributed by atoms with E-state index in [1.807, 2.05) is 0 Å². The summed E-state index contributed by atoms with van der Waals surface area (Å²) in [5.74, 6) is -3.71. The quantitative estimate of drug-likeness (QED) is 0.309. The highest BCUT2D eigenvalue weighted by molar-refractivity contribution is 6.39. The third kappa shape index (κ3) is 4.96. The Morgan fingerprint density at radius 1 is 1.08 bits per heavy atom. The zero-order chi connectivity index (χ0) is 26.0. The molecule has 0 saturated heterocycles. The Bertz CT molecular complexity index is 1470. The molecule has 1 aromatic heterocycles. The molecule has 1 amide bonds. The number of fused-ring (bicyclic) bond motifs is 1. The van der Waals surface area contributed by atoms with Crippen molar-refractivity contribution >= 4 is 46.0 Å². The Balaban J connectivity index is 1.73. The molecule has 2 N–H and O–H groups in total. The van der Waals surface area contributed by atoms with Gasteiger partial charge in [-0.05, 0) is 41.5 Å². The van der Waals surface area contributed by atoms with Crippen LogP contribution >= 0.6 is 23.2 Å². The standard InChI is InChI=1S/C26H18Cl2F2N2O4/c1-36-21-6-2-5-19(30)23(21)25(33)32-20(26(34)35)10-13-7-8-15(16-4-3-9-31-24(13)16)22-17(27)11-14(29)12-18(22)28/h2-9,11-12,20H,10H2,1H3,(H,32,33)(H,34,35). The number of ether oxygens (including phenoxy) is 1. The Labute approximate surface area is 214 Å². The van der Waals surface area contributed by atoms with Crippen molar-refractivity contribution < 1.29 is 28.2 Å². The van der Waals surface area contributed by atoms with Crippen molar-refractivity contribution in [2.24, 2.45) is 0 Å². The Kier molecular flexibility index (Phi) is 7.37. The second-order valence-electron chi connectivity index (χ2n) is 7.80. The maximum Gasteiger partial charge on any atom is 0.326 e. The molecular weight excluding hydrogens is 513 g/mol. The molecule has 0 aliphatic carbocycles. The molecule has 0 saturated carbocycles. The molecule has 0 bridgehead atoms. The number of aromatic nitrogens is 1. The number of halogens is 4. The molecule has 184 valence electrons. The van der Waals surface area contributed by atoms with Crippen LogP contribution in [-0.4, -0.2) is 35.1 Å². The molecule has 0 spiro atoms. The van der Waals surface area contributed by atoms with Crippen molar-refractivity contribution in [1.82, 2.24) is 10.3 Å². The summed E-state index contributed by atoms with van der Waals surface area (Å²) >= 11 is 12.6. The highest BCUT2D eigenvalue weighted by atomic mass is 35.5. The lowest BCUT2D eigenvalue weighted by molar-refractivity contribution is -0.139. The van der Waals surface area contributed by atoms with Crippen molar-refractivity contribution in [3.8, 4) is 16.9 Å². The van der Waals surface area contributed by atoms with Gasteiger partial charge in [0.2, 0.25) is 0 Å². The third-order valence-corrected chi connectivity index (χ3v) is 6.18. The summed E-state index contributed by atoms with van der Waals surface area (Å²) in [5.41, 5.74) is 1.51. The Morgan fingerprint density at radius 2 is 1.81 bits per heavy atom. The van der Waals surface area contributed by atoms with Crippen LogP contribution in [0.15, 0.2) is 60.8 Å². The van der Waals surface area contributed by atoms with Crippen LogP contribution in [0.1, 0.15) is 15.9 Å². The van der Waals surface area contributed by atoms with Gasteiger partial charge in [-0.15, -0.1) is 0 Å². The molecule has 4 rings (SSSR count). The van der Waals surface area contributed by atoms with E-state index in [0.29, 0.717) is 27.6 Å². The average Bonchev–Trinajstić information content (AvgIpc) is 2.83. The lowest BCUT2D eigenvalue weighted by Crippen LogP contribution is -2.42. The molecule has 0 fully saturated rings. The minimum Gasteiger partial charge on any atom is -0.496 e. The number of hydrogen-bond acceptors (Lipinski definition) is 4. The molecule has 3 aromatic carbocycles. The Morgan fingerprint density at radius 3 is 2.47 bits per heavy atom. The van der Waals surface area contributed by atoms with Crippen LogP contribution in [0.4, 0.5) is 8.78 Å². The van der Waals surface area contributed by atoms with Gasteiger partial charge in [-0.1, -0.05) is 47.5 Å². The summed E-state index contributed by atoms with van der Waals surface area (Å²) in [7, 11) is 1.28. The molecule has 1 atom stereocenters. The zero-order valence-corrected chi connectivity index (χ0v) is 20.2. The first-order valence-electron chi connectivity index (χ1n) is 10.6. The fourth-order valence-electron chi connectivity index (χ4n) is 3.96. The number of aliphatic carboxylic acids is 1. The molecule has 4 aromatic rings. The highest BCUT2D eigenvalue weighted by Gasteiger charge is 2.26. The molecule has 0 radical (unpaired) electrons. The number of carboxylic acid groups (broad SMARTS) is 1. The Hall–Kier alpha value is -3.75. The zero-order valence-electron chi connectivity index (χ0n) is 18.7. The maximum absolute atomic E-state index is 14.3. The summed E-state index contributed by atoms with van der Waals surface area (Å²) in [6.07, 6.45) is 1.37. The lowest BCUT2D eigenvalue weighted by atomic mass is 9.95. The number of nitrogens with zero attached hydrogens (tertiary/aromatic N) is 1. The number of rotatable bonds is 7. The van der Waals surface area contributed by atoms with E-state index in [1.54, 1.807) is 24.3 Å². The normalized spacial score (nSPS) is 11.8. The van der Waals surface area contributed by atoms with E-state index in [-0.39, 0.29) is 22.2 Å². The monoisotopic (exact) mass is 530 g/mol. The largest absolute Gasteiger partial charge is 0.496 e. The highest BCUT2D eigenvalue weighted by Crippen LogP contribution is 2.39. The first-order valence-corrected chi connectivity index (χ1v) is 11.3. The number of nitrogens with one attached hydrogen (secondary N) is 1. The maximum atomic E-state index is 14.3. The van der Waals surface area contributed by atoms with Crippen LogP contribution in [0.2, 0.25) is 10.0 Å². The van der Waals surface area contributed by atoms with Crippen LogP contribution in [0.3, 0.4) is 0 Å². The number of hydrogen-bond donors (Lipinski definition) is 2. The van der Waals surface area contributed by atoms with Gasteiger partial charge < -0.3 is 15.2 Å². The fourth-order valence-corrected chi connectivity index (χ4v) is 4.62. The lowest BCUT2D eigenvalue weighted by Gasteiger charge is -2.18. The van der Waals surface area contributed by atoms with Crippen molar-refractivity contribution in [3.05, 3.63) is 93.6 Å². The van der Waals surface area contributed by atoms with Gasteiger partial charge in [0.05, 0.1) is 22.7 Å². The van der Waals surface area contributed by atoms with E-state index in [4.69, 9.17) is 27.9 Å². The van der Waals surface area contributed by atoms with E-state index in [2.05, 4.69) is 10.3 Å². The van der Waals surface area contributed by atoms with Gasteiger partial charge in [-0.2, -0.15) is 0 Å². The molecule has 1 unspecified atom stereocenters. The average molecular weight is 531 g/mol. The van der Waals surface area contributed by atoms with Crippen molar-refractivity contribution in [3.63, 3.8) is 0 Å². The van der Waals surface area contributed by atoms with E-state index < -0.39 is 35.1 Å². The number of carboxylic acids is 1. The second-order valence-corrected chi connectivity index (χ2v) is 8.62. The predicted molar refractivity (Wildman–Crippen MR) is 133 cm³/mol. The second kappa shape index (κ2) is 10.5. The summed E-state index contributed by atoms with van der Waals surface area (Å²) in [6, 6.07) is 11.5. The predicted octanol–water partition coefficient (Wildman–Crippen LogP) is 5.92. The van der Waals surface area contributed by atoms with Gasteiger partial charge in [-0.25, -0.2) is 13.6 Å². The van der Waals surface area contributed by atoms with Crippen LogP contribution in [0.5, 0.6) is 5.75 Å². The summed E-state index contributed by atoms with van der Waals surface area (Å²) < 4.78 is 33.1. The number of pyridine rings is 1. The number of carbonyl (C=O) groups excluding carboxylic acids is 1. The number of carbonyl (C=O) groups is 2. The van der Waals surface area contributed by atoms with E-state index in [9.17, 15) is 23.5 Å². The summed E-state index contributed by atoms with van der Waals surface area (Å²) in [6.45, 7) is 0. The molecule has 36 heavy (non-hydrogen) atoms. The van der Waals surface area contributed by atoms with Crippen molar-refractivity contribution in [2.75, 3.05) is 7.11 Å². The van der Waals surface area contributed by atoms with Crippen LogP contribution < -0.4 is 10.1 Å². The molecule has 0 aliphatic rings. The smallest absolute Gasteiger partial charge is 0.326 e. The third-order valence-electron chi connectivity index (χ3n) is 5.58. The van der Waals surface area contributed by atoms with Crippen LogP contribution in [-0.2, 0) is 11.2 Å². The van der Waals surface area contributed by atoms with Crippen LogP contribution in [0, 0.1) is 11.6 Å². The number of methoxy groups -OCH3 is 1. The minimum atomic E-state index is -1.41. The first kappa shape index (κ1) is 25.3. The van der Waals surface area contributed by atoms with Gasteiger partial charge in [0.1, 0.15) is 29.0 Å². The molecule has 1 heterocycles. The van der Waals surface area contributed by atoms with Crippen molar-refractivity contribution in [1.29, 1.82) is 0 Å². The van der Waals surface area contributed by atoms with Gasteiger partial charge in [0.15, 0.2) is 0 Å². The van der Waals surface area contributed by atoms with Gasteiger partial charge in [0.25, 0.3) is 5.91 Å². The molecular formula is C26H18Cl2F2N2O4. The van der Waals surface area contributed by atoms with E-state index >= 15 is 0 Å².